The van der Waals surface area contributed by atoms with E-state index in [4.69, 9.17) is 4.74 Å². The van der Waals surface area contributed by atoms with E-state index in [1.165, 1.54) is 0 Å². The Balaban J connectivity index is 1.82. The molecule has 29 heavy (non-hydrogen) atoms. The van der Waals surface area contributed by atoms with Crippen molar-refractivity contribution in [3.8, 4) is 16.9 Å². The third-order valence-electron chi connectivity index (χ3n) is 5.43. The van der Waals surface area contributed by atoms with Gasteiger partial charge in [0.05, 0.1) is 19.3 Å². The van der Waals surface area contributed by atoms with Gasteiger partial charge >= 0.3 is 0 Å². The van der Waals surface area contributed by atoms with Gasteiger partial charge in [-0.3, -0.25) is 9.59 Å². The first-order valence-corrected chi connectivity index (χ1v) is 9.71. The van der Waals surface area contributed by atoms with Crippen LogP contribution in [0.25, 0.3) is 11.1 Å². The van der Waals surface area contributed by atoms with Crippen molar-refractivity contribution in [2.24, 2.45) is 7.05 Å². The molecule has 2 aromatic carbocycles. The summed E-state index contributed by atoms with van der Waals surface area (Å²) in [4.78, 5) is 26.6. The second-order valence-corrected chi connectivity index (χ2v) is 7.48. The third kappa shape index (κ3) is 3.56. The number of carbonyl (C=O) groups excluding carboxylic acids is 1. The van der Waals surface area contributed by atoms with E-state index in [2.05, 4.69) is 6.07 Å². The van der Waals surface area contributed by atoms with Crippen LogP contribution in [0.5, 0.6) is 5.75 Å². The molecule has 148 valence electrons. The predicted molar refractivity (Wildman–Crippen MR) is 114 cm³/mol. The SMILES string of the molecule is COc1cc(-c2cc(C)c(=O)n(C)c2)cc2c1N(Cc1ccccc1)C(=O)CC2. The van der Waals surface area contributed by atoms with Gasteiger partial charge in [-0.05, 0) is 53.8 Å². The Hall–Kier alpha value is -3.34. The van der Waals surface area contributed by atoms with E-state index in [0.717, 1.165) is 27.9 Å². The summed E-state index contributed by atoms with van der Waals surface area (Å²) in [6.07, 6.45) is 2.99. The zero-order chi connectivity index (χ0) is 20.5. The summed E-state index contributed by atoms with van der Waals surface area (Å²) < 4.78 is 7.31. The number of hydrogen-bond acceptors (Lipinski definition) is 3. The Labute approximate surface area is 170 Å². The molecule has 5 heteroatoms. The van der Waals surface area contributed by atoms with E-state index >= 15 is 0 Å². The number of nitrogens with zero attached hydrogens (tertiary/aromatic N) is 2. The average Bonchev–Trinajstić information content (AvgIpc) is 2.73. The number of fused-ring (bicyclic) bond motifs is 1. The number of pyridine rings is 1. The van der Waals surface area contributed by atoms with Crippen molar-refractivity contribution in [2.75, 3.05) is 12.0 Å². The maximum absolute atomic E-state index is 12.7. The minimum atomic E-state index is -0.00157. The Morgan fingerprint density at radius 2 is 1.76 bits per heavy atom. The van der Waals surface area contributed by atoms with E-state index in [1.807, 2.05) is 60.5 Å². The van der Waals surface area contributed by atoms with Gasteiger partial charge in [-0.15, -0.1) is 0 Å². The number of ether oxygens (including phenoxy) is 1. The topological polar surface area (TPSA) is 51.5 Å². The summed E-state index contributed by atoms with van der Waals surface area (Å²) in [7, 11) is 3.39. The smallest absolute Gasteiger partial charge is 0.253 e. The van der Waals surface area contributed by atoms with E-state index in [1.54, 1.807) is 18.7 Å². The van der Waals surface area contributed by atoms with Gasteiger partial charge in [0, 0.05) is 25.2 Å². The summed E-state index contributed by atoms with van der Waals surface area (Å²) in [5, 5.41) is 0. The normalized spacial score (nSPS) is 13.3. The Kier molecular flexibility index (Phi) is 4.97. The number of anilines is 1. The van der Waals surface area contributed by atoms with Gasteiger partial charge in [0.15, 0.2) is 0 Å². The zero-order valence-corrected chi connectivity index (χ0v) is 16.9. The van der Waals surface area contributed by atoms with Crippen LogP contribution >= 0.6 is 0 Å². The van der Waals surface area contributed by atoms with E-state index in [-0.39, 0.29) is 11.5 Å². The number of rotatable bonds is 4. The molecule has 3 aromatic rings. The van der Waals surface area contributed by atoms with Gasteiger partial charge < -0.3 is 14.2 Å². The molecule has 1 amide bonds. The number of aryl methyl sites for hydroxylation is 3. The van der Waals surface area contributed by atoms with Gasteiger partial charge in [0.25, 0.3) is 5.56 Å². The highest BCUT2D eigenvalue weighted by Gasteiger charge is 2.28. The maximum atomic E-state index is 12.7. The lowest BCUT2D eigenvalue weighted by atomic mass is 9.94. The van der Waals surface area contributed by atoms with Crippen LogP contribution in [0.1, 0.15) is 23.1 Å². The number of methoxy groups -OCH3 is 1. The molecule has 0 fully saturated rings. The first-order chi connectivity index (χ1) is 14.0. The van der Waals surface area contributed by atoms with Crippen molar-refractivity contribution in [1.82, 2.24) is 4.57 Å². The molecule has 4 rings (SSSR count). The highest BCUT2D eigenvalue weighted by atomic mass is 16.5. The van der Waals surface area contributed by atoms with Crippen LogP contribution in [0.2, 0.25) is 0 Å². The third-order valence-corrected chi connectivity index (χ3v) is 5.43. The van der Waals surface area contributed by atoms with Crippen LogP contribution in [-0.2, 0) is 24.8 Å². The van der Waals surface area contributed by atoms with Gasteiger partial charge in [-0.25, -0.2) is 0 Å². The minimum absolute atomic E-state index is 0.00157. The number of aromatic nitrogens is 1. The van der Waals surface area contributed by atoms with Crippen LogP contribution < -0.4 is 15.2 Å². The maximum Gasteiger partial charge on any atom is 0.253 e. The van der Waals surface area contributed by atoms with E-state index in [9.17, 15) is 9.59 Å². The molecule has 1 aliphatic rings. The summed E-state index contributed by atoms with van der Waals surface area (Å²) in [5.41, 5.74) is 5.64. The van der Waals surface area contributed by atoms with Crippen molar-refractivity contribution in [1.29, 1.82) is 0 Å². The molecule has 0 aliphatic carbocycles. The number of hydrogen-bond donors (Lipinski definition) is 0. The summed E-state index contributed by atoms with van der Waals surface area (Å²) in [6.45, 7) is 2.34. The van der Waals surface area contributed by atoms with Crippen molar-refractivity contribution < 1.29 is 9.53 Å². The number of benzene rings is 2. The number of amides is 1. The van der Waals surface area contributed by atoms with Crippen molar-refractivity contribution in [3.63, 3.8) is 0 Å². The predicted octanol–water partition coefficient (Wildman–Crippen LogP) is 3.85. The van der Waals surface area contributed by atoms with E-state index in [0.29, 0.717) is 30.7 Å². The lowest BCUT2D eigenvalue weighted by Crippen LogP contribution is -2.35. The Morgan fingerprint density at radius 1 is 1.00 bits per heavy atom. The minimum Gasteiger partial charge on any atom is -0.495 e. The molecular formula is C24H24N2O3. The fourth-order valence-electron chi connectivity index (χ4n) is 3.95. The molecule has 0 saturated heterocycles. The summed E-state index contributed by atoms with van der Waals surface area (Å²) >= 11 is 0. The van der Waals surface area contributed by atoms with Gasteiger partial charge in [-0.2, -0.15) is 0 Å². The lowest BCUT2D eigenvalue weighted by Gasteiger charge is -2.31. The molecular weight excluding hydrogens is 364 g/mol. The fraction of sp³-hybridized carbons (Fsp3) is 0.250. The highest BCUT2D eigenvalue weighted by molar-refractivity contribution is 5.98. The molecule has 0 atom stereocenters. The van der Waals surface area contributed by atoms with Crippen LogP contribution in [0.15, 0.2) is 59.5 Å². The molecule has 0 saturated carbocycles. The molecule has 0 N–H and O–H groups in total. The standard InChI is InChI=1S/C24H24N2O3/c1-16-11-20(15-25(2)24(16)28)19-12-18-9-10-22(27)26(23(18)21(13-19)29-3)14-17-7-5-4-6-8-17/h4-8,11-13,15H,9-10,14H2,1-3H3. The molecule has 2 heterocycles. The van der Waals surface area contributed by atoms with Crippen molar-refractivity contribution in [2.45, 2.75) is 26.3 Å². The quantitative estimate of drug-likeness (QED) is 0.682. The fourth-order valence-corrected chi connectivity index (χ4v) is 3.95. The molecule has 0 bridgehead atoms. The van der Waals surface area contributed by atoms with Crippen LogP contribution in [0.4, 0.5) is 5.69 Å². The molecule has 0 unspecified atom stereocenters. The zero-order valence-electron chi connectivity index (χ0n) is 16.9. The Morgan fingerprint density at radius 3 is 2.45 bits per heavy atom. The molecule has 5 nitrogen and oxygen atoms in total. The lowest BCUT2D eigenvalue weighted by molar-refractivity contribution is -0.119. The first kappa shape index (κ1) is 19.0. The Bertz CT molecular complexity index is 1090. The van der Waals surface area contributed by atoms with Gasteiger partial charge in [0.2, 0.25) is 5.91 Å². The molecule has 1 aromatic heterocycles. The second kappa shape index (κ2) is 7.59. The van der Waals surface area contributed by atoms with Gasteiger partial charge in [-0.1, -0.05) is 30.3 Å². The van der Waals surface area contributed by atoms with E-state index < -0.39 is 0 Å². The van der Waals surface area contributed by atoms with Crippen molar-refractivity contribution >= 4 is 11.6 Å². The molecule has 0 spiro atoms. The summed E-state index contributed by atoms with van der Waals surface area (Å²) in [5.74, 6) is 0.776. The highest BCUT2D eigenvalue weighted by Crippen LogP contribution is 2.41. The first-order valence-electron chi connectivity index (χ1n) is 9.71. The molecule has 1 aliphatic heterocycles. The monoisotopic (exact) mass is 388 g/mol. The van der Waals surface area contributed by atoms with Crippen LogP contribution in [0, 0.1) is 6.92 Å². The molecule has 0 radical (unpaired) electrons. The van der Waals surface area contributed by atoms with Gasteiger partial charge in [0.1, 0.15) is 5.75 Å². The number of carbonyl (C=O) groups is 1. The summed E-state index contributed by atoms with van der Waals surface area (Å²) in [6, 6.07) is 15.9. The average molecular weight is 388 g/mol. The van der Waals surface area contributed by atoms with Crippen LogP contribution in [-0.4, -0.2) is 17.6 Å². The largest absolute Gasteiger partial charge is 0.495 e. The van der Waals surface area contributed by atoms with Crippen molar-refractivity contribution in [3.05, 3.63) is 81.8 Å². The second-order valence-electron chi connectivity index (χ2n) is 7.48. The van der Waals surface area contributed by atoms with Crippen LogP contribution in [0.3, 0.4) is 0 Å².